The Morgan fingerprint density at radius 3 is 2.86 bits per heavy atom. The third kappa shape index (κ3) is 2.99. The Hall–Kier alpha value is -2.28. The van der Waals surface area contributed by atoms with E-state index in [1.165, 1.54) is 23.0 Å². The largest absolute Gasteiger partial charge is 0.396 e. The van der Waals surface area contributed by atoms with Gasteiger partial charge in [0.25, 0.3) is 5.91 Å². The molecule has 22 heavy (non-hydrogen) atoms. The molecule has 116 valence electrons. The number of aromatic nitrogens is 3. The zero-order valence-corrected chi connectivity index (χ0v) is 12.0. The van der Waals surface area contributed by atoms with Crippen LogP contribution in [0.15, 0.2) is 30.5 Å². The van der Waals surface area contributed by atoms with Crippen LogP contribution in [0.4, 0.5) is 4.39 Å². The van der Waals surface area contributed by atoms with E-state index in [-0.39, 0.29) is 29.9 Å². The molecule has 0 bridgehead atoms. The van der Waals surface area contributed by atoms with Crippen molar-refractivity contribution in [2.45, 2.75) is 12.8 Å². The second-order valence-electron chi connectivity index (χ2n) is 5.47. The van der Waals surface area contributed by atoms with E-state index in [4.69, 9.17) is 0 Å². The third-order valence-electron chi connectivity index (χ3n) is 3.87. The Bertz CT molecular complexity index is 656. The lowest BCUT2D eigenvalue weighted by molar-refractivity contribution is 0.0615. The molecule has 1 N–H and O–H groups in total. The Morgan fingerprint density at radius 1 is 1.36 bits per heavy atom. The number of halogens is 1. The van der Waals surface area contributed by atoms with Gasteiger partial charge >= 0.3 is 0 Å². The van der Waals surface area contributed by atoms with E-state index in [0.29, 0.717) is 18.8 Å². The van der Waals surface area contributed by atoms with Crippen LogP contribution in [0, 0.1) is 11.7 Å². The smallest absolute Gasteiger partial charge is 0.276 e. The van der Waals surface area contributed by atoms with Crippen molar-refractivity contribution in [3.05, 3.63) is 42.0 Å². The van der Waals surface area contributed by atoms with Crippen LogP contribution in [0.3, 0.4) is 0 Å². The number of hydrogen-bond acceptors (Lipinski definition) is 4. The van der Waals surface area contributed by atoms with Gasteiger partial charge in [0, 0.05) is 19.7 Å². The molecule has 3 rings (SSSR count). The molecule has 0 radical (unpaired) electrons. The number of aliphatic hydroxyl groups excluding tert-OH is 1. The summed E-state index contributed by atoms with van der Waals surface area (Å²) in [4.78, 5) is 14.1. The van der Waals surface area contributed by atoms with Gasteiger partial charge in [0.2, 0.25) is 0 Å². The number of piperidine rings is 1. The minimum atomic E-state index is -0.330. The molecule has 1 atom stereocenters. The highest BCUT2D eigenvalue weighted by molar-refractivity contribution is 5.92. The number of hydrogen-bond donors (Lipinski definition) is 1. The lowest BCUT2D eigenvalue weighted by Crippen LogP contribution is -2.41. The molecule has 6 nitrogen and oxygen atoms in total. The molecule has 1 unspecified atom stereocenters. The van der Waals surface area contributed by atoms with Crippen LogP contribution >= 0.6 is 0 Å². The van der Waals surface area contributed by atoms with Crippen molar-refractivity contribution in [3.8, 4) is 5.69 Å². The van der Waals surface area contributed by atoms with Crippen LogP contribution in [0.2, 0.25) is 0 Å². The van der Waals surface area contributed by atoms with E-state index in [1.54, 1.807) is 17.0 Å². The molecule has 7 heteroatoms. The average molecular weight is 304 g/mol. The van der Waals surface area contributed by atoms with Gasteiger partial charge in [-0.3, -0.25) is 4.79 Å². The van der Waals surface area contributed by atoms with Gasteiger partial charge in [-0.1, -0.05) is 5.21 Å². The van der Waals surface area contributed by atoms with Gasteiger partial charge < -0.3 is 10.0 Å². The maximum absolute atomic E-state index is 12.9. The van der Waals surface area contributed by atoms with Crippen molar-refractivity contribution in [2.75, 3.05) is 19.7 Å². The molecule has 1 aliphatic heterocycles. The maximum Gasteiger partial charge on any atom is 0.276 e. The van der Waals surface area contributed by atoms with Crippen LogP contribution in [-0.4, -0.2) is 50.6 Å². The summed E-state index contributed by atoms with van der Waals surface area (Å²) < 4.78 is 14.4. The normalized spacial score (nSPS) is 18.5. The zero-order valence-electron chi connectivity index (χ0n) is 12.0. The number of likely N-dealkylation sites (tertiary alicyclic amines) is 1. The Morgan fingerprint density at radius 2 is 2.14 bits per heavy atom. The molecule has 1 saturated heterocycles. The molecule has 2 heterocycles. The van der Waals surface area contributed by atoms with Crippen molar-refractivity contribution in [2.24, 2.45) is 5.92 Å². The molecule has 0 saturated carbocycles. The second kappa shape index (κ2) is 6.23. The number of amides is 1. The van der Waals surface area contributed by atoms with E-state index in [2.05, 4.69) is 10.3 Å². The van der Waals surface area contributed by atoms with Crippen LogP contribution in [-0.2, 0) is 0 Å². The minimum absolute atomic E-state index is 0.0893. The monoisotopic (exact) mass is 304 g/mol. The Balaban J connectivity index is 1.75. The predicted octanol–water partition coefficient (Wildman–Crippen LogP) is 1.25. The molecule has 1 fully saturated rings. The van der Waals surface area contributed by atoms with Gasteiger partial charge in [-0.05, 0) is 43.0 Å². The van der Waals surface area contributed by atoms with Gasteiger partial charge in [0.05, 0.1) is 11.9 Å². The third-order valence-corrected chi connectivity index (χ3v) is 3.87. The number of carbonyl (C=O) groups is 1. The summed E-state index contributed by atoms with van der Waals surface area (Å²) in [5, 5.41) is 17.1. The summed E-state index contributed by atoms with van der Waals surface area (Å²) in [6, 6.07) is 5.80. The number of aliphatic hydroxyl groups is 1. The summed E-state index contributed by atoms with van der Waals surface area (Å²) >= 11 is 0. The number of rotatable bonds is 3. The lowest BCUT2D eigenvalue weighted by Gasteiger charge is -2.31. The first kappa shape index (κ1) is 14.6. The molecule has 1 aromatic heterocycles. The van der Waals surface area contributed by atoms with Gasteiger partial charge in [0.1, 0.15) is 5.82 Å². The van der Waals surface area contributed by atoms with Crippen molar-refractivity contribution < 1.29 is 14.3 Å². The molecular formula is C15H17FN4O2. The summed E-state index contributed by atoms with van der Waals surface area (Å²) in [6.07, 6.45) is 3.35. The van der Waals surface area contributed by atoms with Gasteiger partial charge in [0.15, 0.2) is 5.69 Å². The van der Waals surface area contributed by atoms with Crippen molar-refractivity contribution >= 4 is 5.91 Å². The summed E-state index contributed by atoms with van der Waals surface area (Å²) in [6.45, 7) is 1.30. The van der Waals surface area contributed by atoms with E-state index < -0.39 is 0 Å². The standard InChI is InChI=1S/C15H17FN4O2/c16-12-3-5-13(6-4-12)20-9-14(17-18-20)15(22)19-7-1-2-11(8-19)10-21/h3-6,9,11,21H,1-2,7-8,10H2. The fraction of sp³-hybridized carbons (Fsp3) is 0.400. The first-order valence-corrected chi connectivity index (χ1v) is 7.26. The fourth-order valence-corrected chi connectivity index (χ4v) is 2.64. The molecule has 1 aliphatic rings. The van der Waals surface area contributed by atoms with Crippen LogP contribution in [0.1, 0.15) is 23.3 Å². The highest BCUT2D eigenvalue weighted by atomic mass is 19.1. The highest BCUT2D eigenvalue weighted by Crippen LogP contribution is 2.18. The maximum atomic E-state index is 12.9. The quantitative estimate of drug-likeness (QED) is 0.926. The lowest BCUT2D eigenvalue weighted by atomic mass is 9.99. The number of nitrogens with zero attached hydrogens (tertiary/aromatic N) is 4. The topological polar surface area (TPSA) is 71.2 Å². The first-order valence-electron chi connectivity index (χ1n) is 7.26. The van der Waals surface area contributed by atoms with Gasteiger partial charge in [-0.2, -0.15) is 0 Å². The molecule has 2 aromatic rings. The van der Waals surface area contributed by atoms with Crippen LogP contribution in [0.25, 0.3) is 5.69 Å². The van der Waals surface area contributed by atoms with E-state index in [9.17, 15) is 14.3 Å². The summed E-state index contributed by atoms with van der Waals surface area (Å²) in [7, 11) is 0. The van der Waals surface area contributed by atoms with Gasteiger partial charge in [-0.25, -0.2) is 9.07 Å². The predicted molar refractivity (Wildman–Crippen MR) is 77.0 cm³/mol. The molecular weight excluding hydrogens is 287 g/mol. The first-order chi connectivity index (χ1) is 10.7. The molecule has 1 aromatic carbocycles. The van der Waals surface area contributed by atoms with E-state index in [1.807, 2.05) is 0 Å². The Kier molecular flexibility index (Phi) is 4.15. The minimum Gasteiger partial charge on any atom is -0.396 e. The second-order valence-corrected chi connectivity index (χ2v) is 5.47. The average Bonchev–Trinajstić information content (AvgIpc) is 3.05. The Labute approximate surface area is 127 Å². The molecule has 0 spiro atoms. The van der Waals surface area contributed by atoms with Crippen molar-refractivity contribution in [1.29, 1.82) is 0 Å². The molecule has 0 aliphatic carbocycles. The van der Waals surface area contributed by atoms with Crippen molar-refractivity contribution in [1.82, 2.24) is 19.9 Å². The summed E-state index contributed by atoms with van der Waals surface area (Å²) in [5.41, 5.74) is 0.891. The van der Waals surface area contributed by atoms with Crippen molar-refractivity contribution in [3.63, 3.8) is 0 Å². The van der Waals surface area contributed by atoms with E-state index >= 15 is 0 Å². The van der Waals surface area contributed by atoms with Gasteiger partial charge in [-0.15, -0.1) is 5.10 Å². The highest BCUT2D eigenvalue weighted by Gasteiger charge is 2.25. The van der Waals surface area contributed by atoms with Crippen LogP contribution in [0.5, 0.6) is 0 Å². The number of benzene rings is 1. The SMILES string of the molecule is O=C(c1cn(-c2ccc(F)cc2)nn1)N1CCCC(CO)C1. The summed E-state index contributed by atoms with van der Waals surface area (Å²) in [5.74, 6) is -0.389. The van der Waals surface area contributed by atoms with Crippen LogP contribution < -0.4 is 0 Å². The zero-order chi connectivity index (χ0) is 15.5. The number of carbonyl (C=O) groups excluding carboxylic acids is 1. The van der Waals surface area contributed by atoms with E-state index in [0.717, 1.165) is 12.8 Å². The fourth-order valence-electron chi connectivity index (χ4n) is 2.64. The molecule has 1 amide bonds.